The number of hydrogen-bond acceptors (Lipinski definition) is 6. The summed E-state index contributed by atoms with van der Waals surface area (Å²) in [5.41, 5.74) is 2.18. The molecule has 1 atom stereocenters. The van der Waals surface area contributed by atoms with Gasteiger partial charge in [-0.2, -0.15) is 11.3 Å². The molecule has 0 aromatic carbocycles. The fourth-order valence-electron chi connectivity index (χ4n) is 4.66. The van der Waals surface area contributed by atoms with E-state index < -0.39 is 0 Å². The summed E-state index contributed by atoms with van der Waals surface area (Å²) < 4.78 is 0. The van der Waals surface area contributed by atoms with E-state index in [2.05, 4.69) is 38.9 Å². The Balaban J connectivity index is 1.49. The van der Waals surface area contributed by atoms with Gasteiger partial charge in [0.05, 0.1) is 5.56 Å². The number of likely N-dealkylation sites (tertiary alicyclic amines) is 1. The maximum Gasteiger partial charge on any atom is 0.254 e. The van der Waals surface area contributed by atoms with Gasteiger partial charge in [-0.1, -0.05) is 23.2 Å². The molecule has 0 bridgehead atoms. The van der Waals surface area contributed by atoms with Gasteiger partial charge < -0.3 is 20.4 Å². The highest BCUT2D eigenvalue weighted by atomic mass is 35.5. The standard InChI is InChI=1S/C26H35Cl2N5O3S/c1-17-14-22(27)31-25(28)24(17)26(36)30-9-4-18(2)32-11-6-21(7-12-32)33(15-20-8-13-37-16-20)23(35)5-10-29-19(3)34/h8,13-14,16,18,21H,4-7,9-12,15H2,1-3H3,(H,29,34)(H,30,36)/t18-/m1/s1. The lowest BCUT2D eigenvalue weighted by Gasteiger charge is -2.41. The molecular weight excluding hydrogens is 533 g/mol. The molecule has 0 spiro atoms. The van der Waals surface area contributed by atoms with Crippen molar-refractivity contribution in [3.05, 3.63) is 49.9 Å². The third kappa shape index (κ3) is 8.67. The first-order valence-corrected chi connectivity index (χ1v) is 14.3. The lowest BCUT2D eigenvalue weighted by Crippen LogP contribution is -2.49. The molecule has 2 aromatic heterocycles. The molecule has 11 heteroatoms. The van der Waals surface area contributed by atoms with E-state index in [1.54, 1.807) is 24.3 Å². The quantitative estimate of drug-likeness (QED) is 0.395. The van der Waals surface area contributed by atoms with Gasteiger partial charge in [0.1, 0.15) is 10.3 Å². The molecule has 2 aromatic rings. The normalized spacial score (nSPS) is 15.3. The maximum absolute atomic E-state index is 13.1. The van der Waals surface area contributed by atoms with E-state index in [9.17, 15) is 14.4 Å². The van der Waals surface area contributed by atoms with Crippen LogP contribution in [-0.2, 0) is 16.1 Å². The fourth-order valence-corrected chi connectivity index (χ4v) is 5.94. The van der Waals surface area contributed by atoms with Crippen molar-refractivity contribution in [2.45, 2.75) is 65.1 Å². The molecule has 1 aliphatic heterocycles. The Hall–Kier alpha value is -2.20. The van der Waals surface area contributed by atoms with Gasteiger partial charge in [0.2, 0.25) is 11.8 Å². The molecule has 1 fully saturated rings. The minimum atomic E-state index is -0.251. The van der Waals surface area contributed by atoms with Crippen molar-refractivity contribution < 1.29 is 14.4 Å². The molecule has 3 amide bonds. The summed E-state index contributed by atoms with van der Waals surface area (Å²) in [6, 6.07) is 4.12. The third-order valence-electron chi connectivity index (χ3n) is 6.75. The van der Waals surface area contributed by atoms with E-state index in [4.69, 9.17) is 23.2 Å². The highest BCUT2D eigenvalue weighted by molar-refractivity contribution is 7.07. The Morgan fingerprint density at radius 3 is 2.57 bits per heavy atom. The fraction of sp³-hybridized carbons (Fsp3) is 0.538. The van der Waals surface area contributed by atoms with Crippen molar-refractivity contribution >= 4 is 52.3 Å². The Morgan fingerprint density at radius 2 is 1.95 bits per heavy atom. The van der Waals surface area contributed by atoms with Crippen LogP contribution in [0.4, 0.5) is 0 Å². The minimum Gasteiger partial charge on any atom is -0.356 e. The zero-order chi connectivity index (χ0) is 26.9. The summed E-state index contributed by atoms with van der Waals surface area (Å²) in [6.45, 7) is 8.63. The monoisotopic (exact) mass is 567 g/mol. The van der Waals surface area contributed by atoms with Crippen LogP contribution in [0.3, 0.4) is 0 Å². The van der Waals surface area contributed by atoms with Gasteiger partial charge in [-0.25, -0.2) is 4.98 Å². The smallest absolute Gasteiger partial charge is 0.254 e. The number of thiophene rings is 1. The molecule has 8 nitrogen and oxygen atoms in total. The Morgan fingerprint density at radius 1 is 1.22 bits per heavy atom. The summed E-state index contributed by atoms with van der Waals surface area (Å²) in [7, 11) is 0. The highest BCUT2D eigenvalue weighted by Crippen LogP contribution is 2.24. The van der Waals surface area contributed by atoms with E-state index in [0.29, 0.717) is 37.2 Å². The first-order chi connectivity index (χ1) is 17.7. The summed E-state index contributed by atoms with van der Waals surface area (Å²) in [5, 5.41) is 10.1. The highest BCUT2D eigenvalue weighted by Gasteiger charge is 2.29. The van der Waals surface area contributed by atoms with Gasteiger partial charge >= 0.3 is 0 Å². The Labute approximate surface area is 232 Å². The second-order valence-corrected chi connectivity index (χ2v) is 11.0. The Bertz CT molecular complexity index is 1050. The average molecular weight is 569 g/mol. The molecule has 1 saturated heterocycles. The SMILES string of the molecule is CC(=O)NCCC(=O)N(Cc1ccsc1)C1CCN([C@H](C)CCNC(=O)c2c(C)cc(Cl)nc2Cl)CC1. The molecule has 0 radical (unpaired) electrons. The lowest BCUT2D eigenvalue weighted by molar-refractivity contribution is -0.135. The summed E-state index contributed by atoms with van der Waals surface area (Å²) in [4.78, 5) is 45.3. The van der Waals surface area contributed by atoms with Crippen LogP contribution in [0.15, 0.2) is 22.9 Å². The topological polar surface area (TPSA) is 94.6 Å². The number of piperidine rings is 1. The molecule has 2 N–H and O–H groups in total. The van der Waals surface area contributed by atoms with E-state index in [0.717, 1.165) is 37.9 Å². The van der Waals surface area contributed by atoms with Gasteiger partial charge in [-0.05, 0) is 67.1 Å². The molecule has 37 heavy (non-hydrogen) atoms. The molecule has 1 aliphatic rings. The number of nitrogens with one attached hydrogen (secondary N) is 2. The third-order valence-corrected chi connectivity index (χ3v) is 7.94. The zero-order valence-corrected chi connectivity index (χ0v) is 23.9. The first kappa shape index (κ1) is 29.4. The van der Waals surface area contributed by atoms with Crippen molar-refractivity contribution in [1.82, 2.24) is 25.4 Å². The summed E-state index contributed by atoms with van der Waals surface area (Å²) in [5.74, 6) is -0.307. The minimum absolute atomic E-state index is 0.0693. The number of aryl methyl sites for hydroxylation is 1. The van der Waals surface area contributed by atoms with Crippen molar-refractivity contribution in [3.8, 4) is 0 Å². The van der Waals surface area contributed by atoms with Gasteiger partial charge in [-0.15, -0.1) is 0 Å². The molecule has 202 valence electrons. The number of pyridine rings is 1. The molecule has 0 unspecified atom stereocenters. The number of carbonyl (C=O) groups excluding carboxylic acids is 3. The predicted molar refractivity (Wildman–Crippen MR) is 148 cm³/mol. The van der Waals surface area contributed by atoms with Crippen LogP contribution in [0.1, 0.15) is 61.0 Å². The van der Waals surface area contributed by atoms with Crippen LogP contribution in [0, 0.1) is 6.92 Å². The van der Waals surface area contributed by atoms with E-state index in [-0.39, 0.29) is 40.1 Å². The van der Waals surface area contributed by atoms with Crippen molar-refractivity contribution in [2.24, 2.45) is 0 Å². The largest absolute Gasteiger partial charge is 0.356 e. The second kappa shape index (κ2) is 14.1. The van der Waals surface area contributed by atoms with Gasteiger partial charge in [0.25, 0.3) is 5.91 Å². The van der Waals surface area contributed by atoms with E-state index >= 15 is 0 Å². The Kier molecular flexibility index (Phi) is 11.2. The number of amides is 3. The average Bonchev–Trinajstić information content (AvgIpc) is 3.35. The summed E-state index contributed by atoms with van der Waals surface area (Å²) >= 11 is 13.7. The number of nitrogens with zero attached hydrogens (tertiary/aromatic N) is 3. The summed E-state index contributed by atoms with van der Waals surface area (Å²) in [6.07, 6.45) is 2.87. The van der Waals surface area contributed by atoms with E-state index in [1.165, 1.54) is 6.92 Å². The first-order valence-electron chi connectivity index (χ1n) is 12.6. The predicted octanol–water partition coefficient (Wildman–Crippen LogP) is 4.29. The number of carbonyl (C=O) groups is 3. The van der Waals surface area contributed by atoms with Crippen molar-refractivity contribution in [1.29, 1.82) is 0 Å². The molecule has 0 aliphatic carbocycles. The van der Waals surface area contributed by atoms with Crippen LogP contribution >= 0.6 is 34.5 Å². The van der Waals surface area contributed by atoms with Gasteiger partial charge in [-0.3, -0.25) is 14.4 Å². The lowest BCUT2D eigenvalue weighted by atomic mass is 9.99. The van der Waals surface area contributed by atoms with Crippen LogP contribution in [0.25, 0.3) is 0 Å². The number of halogens is 2. The molecule has 3 heterocycles. The van der Waals surface area contributed by atoms with E-state index in [1.807, 2.05) is 10.3 Å². The molecule has 3 rings (SSSR count). The van der Waals surface area contributed by atoms with Crippen LogP contribution < -0.4 is 10.6 Å². The molecule has 0 saturated carbocycles. The van der Waals surface area contributed by atoms with Crippen molar-refractivity contribution in [3.63, 3.8) is 0 Å². The maximum atomic E-state index is 13.1. The van der Waals surface area contributed by atoms with Gasteiger partial charge in [0.15, 0.2) is 0 Å². The second-order valence-electron chi connectivity index (χ2n) is 9.47. The molecular formula is C26H35Cl2N5O3S. The van der Waals surface area contributed by atoms with Crippen molar-refractivity contribution in [2.75, 3.05) is 26.2 Å². The van der Waals surface area contributed by atoms with Crippen LogP contribution in [0.5, 0.6) is 0 Å². The van der Waals surface area contributed by atoms with Crippen LogP contribution in [-0.4, -0.2) is 70.8 Å². The zero-order valence-electron chi connectivity index (χ0n) is 21.6. The van der Waals surface area contributed by atoms with Gasteiger partial charge in [0, 0.05) is 58.2 Å². The number of hydrogen-bond donors (Lipinski definition) is 2. The van der Waals surface area contributed by atoms with Crippen LogP contribution in [0.2, 0.25) is 10.3 Å². The number of rotatable bonds is 11. The number of aromatic nitrogens is 1.